The first kappa shape index (κ1) is 11.6. The second-order valence-electron chi connectivity index (χ2n) is 3.83. The van der Waals surface area contributed by atoms with Gasteiger partial charge in [0.1, 0.15) is 0 Å². The van der Waals surface area contributed by atoms with E-state index in [1.807, 2.05) is 35.2 Å². The van der Waals surface area contributed by atoms with Crippen molar-refractivity contribution in [2.45, 2.75) is 6.92 Å². The molecule has 3 nitrogen and oxygen atoms in total. The van der Waals surface area contributed by atoms with E-state index in [1.54, 1.807) is 6.92 Å². The quantitative estimate of drug-likeness (QED) is 0.594. The van der Waals surface area contributed by atoms with Crippen molar-refractivity contribution in [1.82, 2.24) is 0 Å². The van der Waals surface area contributed by atoms with Crippen molar-refractivity contribution >= 4 is 11.7 Å². The number of esters is 1. The highest BCUT2D eigenvalue weighted by Gasteiger charge is 2.27. The number of nitrogens with zero attached hydrogens (tertiary/aromatic N) is 1. The fraction of sp³-hybridized carbons (Fsp3) is 0.308. The number of para-hydroxylation sites is 1. The van der Waals surface area contributed by atoms with Crippen LogP contribution >= 0.6 is 0 Å². The Hall–Kier alpha value is -1.84. The van der Waals surface area contributed by atoms with Gasteiger partial charge in [0, 0.05) is 24.4 Å². The van der Waals surface area contributed by atoms with Crippen molar-refractivity contribution in [3.63, 3.8) is 0 Å². The molecule has 0 radical (unpaired) electrons. The average molecular weight is 235 g/mol. The van der Waals surface area contributed by atoms with Crippen LogP contribution in [0.5, 0.6) is 0 Å². The molecule has 0 amide bonds. The minimum absolute atomic E-state index is 0.196. The molecule has 90 valence electrons. The summed E-state index contributed by atoms with van der Waals surface area (Å²) in [7, 11) is 0. The van der Waals surface area contributed by atoms with Gasteiger partial charge in [0.2, 0.25) is 5.83 Å². The predicted molar refractivity (Wildman–Crippen MR) is 63.4 cm³/mol. The van der Waals surface area contributed by atoms with Gasteiger partial charge in [0.25, 0.3) is 0 Å². The lowest BCUT2D eigenvalue weighted by molar-refractivity contribution is -0.140. The maximum Gasteiger partial charge on any atom is 0.367 e. The minimum Gasteiger partial charge on any atom is -0.461 e. The topological polar surface area (TPSA) is 29.5 Å². The van der Waals surface area contributed by atoms with E-state index in [-0.39, 0.29) is 6.61 Å². The number of carbonyl (C=O) groups is 1. The number of benzene rings is 1. The van der Waals surface area contributed by atoms with Crippen molar-refractivity contribution in [2.75, 3.05) is 24.6 Å². The van der Waals surface area contributed by atoms with Crippen LogP contribution in [0, 0.1) is 0 Å². The van der Waals surface area contributed by atoms with Crippen LogP contribution in [0.2, 0.25) is 0 Å². The predicted octanol–water partition coefficient (Wildman–Crippen LogP) is 2.29. The molecule has 0 aliphatic carbocycles. The first-order valence-corrected chi connectivity index (χ1v) is 5.57. The van der Waals surface area contributed by atoms with E-state index in [2.05, 4.69) is 4.74 Å². The Bertz CT molecular complexity index is 434. The first-order valence-electron chi connectivity index (χ1n) is 5.57. The van der Waals surface area contributed by atoms with Crippen LogP contribution in [0.15, 0.2) is 41.7 Å². The highest BCUT2D eigenvalue weighted by molar-refractivity contribution is 5.87. The molecule has 1 saturated heterocycles. The van der Waals surface area contributed by atoms with Gasteiger partial charge >= 0.3 is 5.97 Å². The van der Waals surface area contributed by atoms with E-state index in [9.17, 15) is 9.18 Å². The monoisotopic (exact) mass is 235 g/mol. The van der Waals surface area contributed by atoms with Gasteiger partial charge in [0.15, 0.2) is 0 Å². The molecule has 1 aliphatic heterocycles. The first-order chi connectivity index (χ1) is 8.22. The van der Waals surface area contributed by atoms with Gasteiger partial charge in [-0.15, -0.1) is 0 Å². The summed E-state index contributed by atoms with van der Waals surface area (Å²) in [5, 5.41) is 0. The normalized spacial score (nSPS) is 14.2. The molecule has 0 bridgehead atoms. The van der Waals surface area contributed by atoms with Crippen LogP contribution in [0.25, 0.3) is 0 Å². The Labute approximate surface area is 99.5 Å². The summed E-state index contributed by atoms with van der Waals surface area (Å²) < 4.78 is 18.1. The van der Waals surface area contributed by atoms with Crippen molar-refractivity contribution in [3.8, 4) is 0 Å². The third-order valence-electron chi connectivity index (χ3n) is 2.65. The number of hydrogen-bond acceptors (Lipinski definition) is 3. The van der Waals surface area contributed by atoms with E-state index in [0.717, 1.165) is 5.69 Å². The molecule has 17 heavy (non-hydrogen) atoms. The molecule has 0 unspecified atom stereocenters. The van der Waals surface area contributed by atoms with Crippen molar-refractivity contribution < 1.29 is 13.9 Å². The van der Waals surface area contributed by atoms with Crippen LogP contribution < -0.4 is 4.90 Å². The summed E-state index contributed by atoms with van der Waals surface area (Å²) in [6.07, 6.45) is 0. The maximum atomic E-state index is 13.5. The van der Waals surface area contributed by atoms with E-state index >= 15 is 0 Å². The SMILES string of the molecule is CCOC(=O)C(F)=C1CN(c2ccccc2)C1. The number of hydrogen-bond donors (Lipinski definition) is 0. The highest BCUT2D eigenvalue weighted by Crippen LogP contribution is 2.26. The van der Waals surface area contributed by atoms with E-state index in [0.29, 0.717) is 18.7 Å². The third kappa shape index (κ3) is 2.46. The van der Waals surface area contributed by atoms with Gasteiger partial charge < -0.3 is 9.64 Å². The molecule has 2 rings (SSSR count). The summed E-state index contributed by atoms with van der Waals surface area (Å²) >= 11 is 0. The van der Waals surface area contributed by atoms with Gasteiger partial charge in [-0.3, -0.25) is 0 Å². The van der Waals surface area contributed by atoms with E-state index in [1.165, 1.54) is 0 Å². The molecular weight excluding hydrogens is 221 g/mol. The number of ether oxygens (including phenoxy) is 1. The third-order valence-corrected chi connectivity index (χ3v) is 2.65. The zero-order valence-corrected chi connectivity index (χ0v) is 9.65. The summed E-state index contributed by atoms with van der Waals surface area (Å²) in [6, 6.07) is 9.70. The lowest BCUT2D eigenvalue weighted by Gasteiger charge is -2.36. The van der Waals surface area contributed by atoms with Crippen LogP contribution in [0.4, 0.5) is 10.1 Å². The molecule has 1 heterocycles. The van der Waals surface area contributed by atoms with Gasteiger partial charge in [-0.1, -0.05) is 18.2 Å². The van der Waals surface area contributed by atoms with Gasteiger partial charge in [-0.05, 0) is 19.1 Å². The molecule has 1 aromatic carbocycles. The molecule has 0 aromatic heterocycles. The number of carbonyl (C=O) groups excluding carboxylic acids is 1. The summed E-state index contributed by atoms with van der Waals surface area (Å²) in [5.74, 6) is -1.59. The zero-order chi connectivity index (χ0) is 12.3. The lowest BCUT2D eigenvalue weighted by atomic mass is 10.1. The molecule has 0 atom stereocenters. The smallest absolute Gasteiger partial charge is 0.367 e. The molecule has 1 aromatic rings. The highest BCUT2D eigenvalue weighted by atomic mass is 19.1. The molecular formula is C13H14FNO2. The Morgan fingerprint density at radius 1 is 1.35 bits per heavy atom. The van der Waals surface area contributed by atoms with Crippen molar-refractivity contribution in [2.24, 2.45) is 0 Å². The molecule has 1 aliphatic rings. The largest absolute Gasteiger partial charge is 0.461 e. The van der Waals surface area contributed by atoms with Crippen LogP contribution in [0.1, 0.15) is 6.92 Å². The van der Waals surface area contributed by atoms with Crippen LogP contribution in [0.3, 0.4) is 0 Å². The Morgan fingerprint density at radius 3 is 2.59 bits per heavy atom. The number of halogens is 1. The minimum atomic E-state index is -0.852. The Balaban J connectivity index is 1.98. The van der Waals surface area contributed by atoms with E-state index < -0.39 is 11.8 Å². The van der Waals surface area contributed by atoms with Gasteiger partial charge in [-0.25, -0.2) is 4.79 Å². The molecule has 0 spiro atoms. The Kier molecular flexibility index (Phi) is 3.42. The van der Waals surface area contributed by atoms with Crippen LogP contribution in [-0.2, 0) is 9.53 Å². The second-order valence-corrected chi connectivity index (χ2v) is 3.83. The summed E-state index contributed by atoms with van der Waals surface area (Å²) in [5.41, 5.74) is 1.54. The van der Waals surface area contributed by atoms with Gasteiger partial charge in [-0.2, -0.15) is 4.39 Å². The number of anilines is 1. The zero-order valence-electron chi connectivity index (χ0n) is 9.65. The van der Waals surface area contributed by atoms with E-state index in [4.69, 9.17) is 0 Å². The van der Waals surface area contributed by atoms with Crippen LogP contribution in [-0.4, -0.2) is 25.7 Å². The van der Waals surface area contributed by atoms with Gasteiger partial charge in [0.05, 0.1) is 6.61 Å². The average Bonchev–Trinajstić information content (AvgIpc) is 2.28. The molecule has 0 saturated carbocycles. The fourth-order valence-electron chi connectivity index (χ4n) is 1.71. The molecule has 0 N–H and O–H groups in total. The number of rotatable bonds is 3. The fourth-order valence-corrected chi connectivity index (χ4v) is 1.71. The van der Waals surface area contributed by atoms with Crippen molar-refractivity contribution in [3.05, 3.63) is 41.7 Å². The Morgan fingerprint density at radius 2 is 2.00 bits per heavy atom. The lowest BCUT2D eigenvalue weighted by Crippen LogP contribution is -2.41. The molecule has 4 heteroatoms. The standard InChI is InChI=1S/C13H14FNO2/c1-2-17-13(16)12(14)10-8-15(9-10)11-6-4-3-5-7-11/h3-7H,2,8-9H2,1H3. The molecule has 1 fully saturated rings. The second kappa shape index (κ2) is 4.99. The summed E-state index contributed by atoms with van der Waals surface area (Å²) in [4.78, 5) is 13.1. The van der Waals surface area contributed by atoms with Crippen molar-refractivity contribution in [1.29, 1.82) is 0 Å². The maximum absolute atomic E-state index is 13.5. The summed E-state index contributed by atoms with van der Waals surface area (Å²) in [6.45, 7) is 2.76.